The van der Waals surface area contributed by atoms with Crippen molar-refractivity contribution in [3.63, 3.8) is 0 Å². The number of carbonyl (C=O) groups excluding carboxylic acids is 1. The van der Waals surface area contributed by atoms with Crippen LogP contribution in [-0.4, -0.2) is 37.2 Å². The molecule has 1 aliphatic heterocycles. The number of aromatic nitrogens is 2. The quantitative estimate of drug-likeness (QED) is 0.430. The number of fused-ring (bicyclic) bond motifs is 1. The minimum Gasteiger partial charge on any atom is -0.476 e. The molecule has 1 amide bonds. The van der Waals surface area contributed by atoms with Gasteiger partial charge in [0.25, 0.3) is 15.9 Å². The number of anilines is 2. The molecule has 0 saturated heterocycles. The lowest BCUT2D eigenvalue weighted by Gasteiger charge is -2.34. The zero-order chi connectivity index (χ0) is 24.6. The van der Waals surface area contributed by atoms with Crippen LogP contribution in [-0.2, 0) is 14.8 Å². The van der Waals surface area contributed by atoms with Crippen LogP contribution in [0.25, 0.3) is 10.6 Å². The van der Waals surface area contributed by atoms with Crippen LogP contribution in [0.15, 0.2) is 77.7 Å². The molecule has 0 bridgehead atoms. The molecular formula is C25H22N4O4S2. The second-order valence-corrected chi connectivity index (χ2v) is 11.0. The fourth-order valence-corrected chi connectivity index (χ4v) is 5.90. The van der Waals surface area contributed by atoms with Crippen LogP contribution in [0, 0.1) is 13.8 Å². The fraction of sp³-hybridized carbons (Fsp3) is 0.160. The van der Waals surface area contributed by atoms with Crippen molar-refractivity contribution in [3.8, 4) is 16.3 Å². The number of nitrogens with zero attached hydrogens (tertiary/aromatic N) is 3. The minimum atomic E-state index is -3.92. The molecule has 2 heterocycles. The molecule has 4 aromatic rings. The molecule has 1 N–H and O–H groups in total. The van der Waals surface area contributed by atoms with Gasteiger partial charge in [-0.25, -0.2) is 8.42 Å². The number of amides is 1. The molecule has 1 atom stereocenters. The van der Waals surface area contributed by atoms with Crippen molar-refractivity contribution in [3.05, 3.63) is 83.9 Å². The van der Waals surface area contributed by atoms with Gasteiger partial charge < -0.3 is 4.74 Å². The molecule has 3 aromatic carbocycles. The Balaban J connectivity index is 1.40. The summed E-state index contributed by atoms with van der Waals surface area (Å²) in [6.07, 6.45) is -1.07. The fourth-order valence-electron chi connectivity index (χ4n) is 3.68. The Labute approximate surface area is 207 Å². The summed E-state index contributed by atoms with van der Waals surface area (Å²) in [5, 5.41) is 11.9. The van der Waals surface area contributed by atoms with Gasteiger partial charge in [0.1, 0.15) is 10.8 Å². The first-order valence-electron chi connectivity index (χ1n) is 10.9. The van der Waals surface area contributed by atoms with Crippen molar-refractivity contribution < 1.29 is 17.9 Å². The Morgan fingerprint density at radius 2 is 1.63 bits per heavy atom. The van der Waals surface area contributed by atoms with E-state index in [0.717, 1.165) is 16.7 Å². The molecule has 10 heteroatoms. The lowest BCUT2D eigenvalue weighted by atomic mass is 10.2. The summed E-state index contributed by atoms with van der Waals surface area (Å²) in [6, 6.07) is 21.2. The van der Waals surface area contributed by atoms with Gasteiger partial charge >= 0.3 is 0 Å². The van der Waals surface area contributed by atoms with E-state index in [-0.39, 0.29) is 11.4 Å². The Kier molecular flexibility index (Phi) is 6.00. The predicted molar refractivity (Wildman–Crippen MR) is 135 cm³/mol. The zero-order valence-electron chi connectivity index (χ0n) is 19.0. The third-order valence-electron chi connectivity index (χ3n) is 5.59. The third kappa shape index (κ3) is 4.62. The van der Waals surface area contributed by atoms with Crippen molar-refractivity contribution in [1.29, 1.82) is 0 Å². The summed E-state index contributed by atoms with van der Waals surface area (Å²) in [7, 11) is -3.92. The number of rotatable bonds is 5. The van der Waals surface area contributed by atoms with Crippen molar-refractivity contribution in [1.82, 2.24) is 10.2 Å². The molecule has 1 aromatic heterocycles. The van der Waals surface area contributed by atoms with E-state index in [4.69, 9.17) is 4.74 Å². The number of ether oxygens (including phenoxy) is 1. The van der Waals surface area contributed by atoms with Crippen LogP contribution in [0.1, 0.15) is 11.1 Å². The molecule has 0 fully saturated rings. The van der Waals surface area contributed by atoms with Gasteiger partial charge in [-0.1, -0.05) is 71.0 Å². The molecule has 0 saturated carbocycles. The predicted octanol–water partition coefficient (Wildman–Crippen LogP) is 4.42. The number of para-hydroxylation sites is 2. The highest BCUT2D eigenvalue weighted by Gasteiger charge is 2.37. The number of hydrogen-bond donors (Lipinski definition) is 1. The third-order valence-corrected chi connectivity index (χ3v) is 8.27. The number of benzene rings is 3. The summed E-state index contributed by atoms with van der Waals surface area (Å²) >= 11 is 1.23. The molecule has 8 nitrogen and oxygen atoms in total. The average Bonchev–Trinajstić information content (AvgIpc) is 3.32. The van der Waals surface area contributed by atoms with Gasteiger partial charge in [0.05, 0.1) is 17.1 Å². The van der Waals surface area contributed by atoms with E-state index in [9.17, 15) is 13.2 Å². The molecule has 0 aliphatic carbocycles. The first-order valence-corrected chi connectivity index (χ1v) is 13.1. The summed E-state index contributed by atoms with van der Waals surface area (Å²) in [4.78, 5) is 13.2. The average molecular weight is 507 g/mol. The SMILES string of the molecule is Cc1ccc(-c2nnc(NC(=O)[C@H]3CN(S(=O)(=O)c4ccc(C)cc4)c4ccccc4O3)s2)cc1. The van der Waals surface area contributed by atoms with Crippen molar-refractivity contribution in [2.75, 3.05) is 16.2 Å². The molecule has 5 rings (SSSR count). The monoisotopic (exact) mass is 506 g/mol. The highest BCUT2D eigenvalue weighted by Crippen LogP contribution is 2.37. The maximum Gasteiger partial charge on any atom is 0.269 e. The molecule has 0 spiro atoms. The van der Waals surface area contributed by atoms with Crippen molar-refractivity contribution in [2.45, 2.75) is 24.8 Å². The van der Waals surface area contributed by atoms with Crippen LogP contribution >= 0.6 is 11.3 Å². The zero-order valence-corrected chi connectivity index (χ0v) is 20.6. The van der Waals surface area contributed by atoms with Crippen molar-refractivity contribution >= 4 is 38.1 Å². The lowest BCUT2D eigenvalue weighted by molar-refractivity contribution is -0.122. The van der Waals surface area contributed by atoms with Gasteiger partial charge in [-0.3, -0.25) is 14.4 Å². The molecule has 178 valence electrons. The number of nitrogens with one attached hydrogen (secondary N) is 1. The number of sulfonamides is 1. The molecule has 35 heavy (non-hydrogen) atoms. The van der Waals surface area contributed by atoms with E-state index in [1.807, 2.05) is 38.1 Å². The van der Waals surface area contributed by atoms with Gasteiger partial charge in [0, 0.05) is 5.56 Å². The van der Waals surface area contributed by atoms with Crippen LogP contribution in [0.2, 0.25) is 0 Å². The number of hydrogen-bond acceptors (Lipinski definition) is 7. The van der Waals surface area contributed by atoms with E-state index in [1.54, 1.807) is 48.5 Å². The minimum absolute atomic E-state index is 0.144. The largest absolute Gasteiger partial charge is 0.476 e. The highest BCUT2D eigenvalue weighted by molar-refractivity contribution is 7.92. The lowest BCUT2D eigenvalue weighted by Crippen LogP contribution is -2.48. The van der Waals surface area contributed by atoms with Gasteiger partial charge in [-0.05, 0) is 38.1 Å². The standard InChI is InChI=1S/C25H22N4O4S2/c1-16-7-11-18(12-8-16)24-27-28-25(34-24)26-23(30)22-15-29(20-5-3-4-6-21(20)33-22)35(31,32)19-13-9-17(2)10-14-19/h3-14,22H,15H2,1-2H3,(H,26,28,30)/t22-/m1/s1. The maximum atomic E-state index is 13.5. The van der Waals surface area contributed by atoms with E-state index in [2.05, 4.69) is 15.5 Å². The summed E-state index contributed by atoms with van der Waals surface area (Å²) < 4.78 is 34.1. The van der Waals surface area contributed by atoms with E-state index < -0.39 is 22.0 Å². The van der Waals surface area contributed by atoms with Gasteiger partial charge in [-0.15, -0.1) is 10.2 Å². The van der Waals surface area contributed by atoms with Crippen LogP contribution in [0.3, 0.4) is 0 Å². The van der Waals surface area contributed by atoms with Gasteiger partial charge in [0.2, 0.25) is 5.13 Å². The summed E-state index contributed by atoms with van der Waals surface area (Å²) in [5.74, 6) is -0.192. The normalized spacial score (nSPS) is 15.3. The smallest absolute Gasteiger partial charge is 0.269 e. The Morgan fingerprint density at radius 3 is 2.34 bits per heavy atom. The summed E-state index contributed by atoms with van der Waals surface area (Å²) in [5.41, 5.74) is 3.36. The highest BCUT2D eigenvalue weighted by atomic mass is 32.2. The summed E-state index contributed by atoms with van der Waals surface area (Å²) in [6.45, 7) is 3.71. The second-order valence-electron chi connectivity index (χ2n) is 8.19. The van der Waals surface area contributed by atoms with Crippen molar-refractivity contribution in [2.24, 2.45) is 0 Å². The number of aryl methyl sites for hydroxylation is 2. The van der Waals surface area contributed by atoms with E-state index in [0.29, 0.717) is 21.6 Å². The Morgan fingerprint density at radius 1 is 0.971 bits per heavy atom. The molecule has 0 radical (unpaired) electrons. The van der Waals surface area contributed by atoms with Gasteiger partial charge in [0.15, 0.2) is 6.10 Å². The second kappa shape index (κ2) is 9.12. The first-order chi connectivity index (χ1) is 16.8. The van der Waals surface area contributed by atoms with Gasteiger partial charge in [-0.2, -0.15) is 0 Å². The van der Waals surface area contributed by atoms with Crippen LogP contribution < -0.4 is 14.4 Å². The van der Waals surface area contributed by atoms with Crippen LogP contribution in [0.5, 0.6) is 5.75 Å². The van der Waals surface area contributed by atoms with Crippen LogP contribution in [0.4, 0.5) is 10.8 Å². The molecule has 1 aliphatic rings. The first kappa shape index (κ1) is 23.0. The number of carbonyl (C=O) groups is 1. The molecule has 0 unspecified atom stereocenters. The molecular weight excluding hydrogens is 484 g/mol. The van der Waals surface area contributed by atoms with E-state index in [1.165, 1.54) is 15.6 Å². The maximum absolute atomic E-state index is 13.5. The Bertz CT molecular complexity index is 1480. The topological polar surface area (TPSA) is 101 Å². The van der Waals surface area contributed by atoms with E-state index >= 15 is 0 Å². The Hall–Kier alpha value is -3.76.